The monoisotopic (exact) mass is 297 g/mol. The average molecular weight is 298 g/mol. The molecule has 0 unspecified atom stereocenters. The zero-order valence-electron chi connectivity index (χ0n) is 8.49. The fourth-order valence-electron chi connectivity index (χ4n) is 1.77. The molecular formula is C11H6BrF2N3. The van der Waals surface area contributed by atoms with E-state index in [1.807, 2.05) is 0 Å². The maximum atomic E-state index is 14.0. The maximum Gasteiger partial charge on any atom is 0.170 e. The summed E-state index contributed by atoms with van der Waals surface area (Å²) in [6.07, 6.45) is 2.37. The minimum atomic E-state index is -0.468. The zero-order valence-corrected chi connectivity index (χ0v) is 10.1. The molecule has 0 aliphatic heterocycles. The minimum Gasteiger partial charge on any atom is -0.249 e. The van der Waals surface area contributed by atoms with Gasteiger partial charge in [-0.25, -0.2) is 18.3 Å². The van der Waals surface area contributed by atoms with Crippen molar-refractivity contribution in [2.75, 3.05) is 0 Å². The molecule has 0 bridgehead atoms. The molecule has 3 rings (SSSR count). The average Bonchev–Trinajstić information content (AvgIpc) is 2.72. The second-order valence-corrected chi connectivity index (χ2v) is 4.15. The lowest BCUT2D eigenvalue weighted by molar-refractivity contribution is 0.625. The number of rotatable bonds is 1. The van der Waals surface area contributed by atoms with Crippen molar-refractivity contribution in [3.8, 4) is 0 Å². The predicted molar refractivity (Wildman–Crippen MR) is 63.0 cm³/mol. The van der Waals surface area contributed by atoms with Crippen molar-refractivity contribution in [2.45, 2.75) is 5.33 Å². The third kappa shape index (κ3) is 1.44. The van der Waals surface area contributed by atoms with E-state index in [1.54, 1.807) is 12.1 Å². The van der Waals surface area contributed by atoms with Crippen molar-refractivity contribution in [1.82, 2.24) is 14.6 Å². The van der Waals surface area contributed by atoms with Crippen LogP contribution in [0.5, 0.6) is 0 Å². The van der Waals surface area contributed by atoms with Crippen LogP contribution in [0.4, 0.5) is 8.78 Å². The molecule has 0 fully saturated rings. The maximum absolute atomic E-state index is 14.0. The van der Waals surface area contributed by atoms with E-state index in [0.29, 0.717) is 16.4 Å². The summed E-state index contributed by atoms with van der Waals surface area (Å²) in [6.45, 7) is 0. The molecule has 0 saturated heterocycles. The van der Waals surface area contributed by atoms with Crippen LogP contribution < -0.4 is 0 Å². The summed E-state index contributed by atoms with van der Waals surface area (Å²) in [5.74, 6) is -0.874. The van der Waals surface area contributed by atoms with Gasteiger partial charge in [-0.1, -0.05) is 22.0 Å². The Morgan fingerprint density at radius 2 is 2.00 bits per heavy atom. The molecule has 1 aromatic carbocycles. The van der Waals surface area contributed by atoms with E-state index in [2.05, 4.69) is 26.0 Å². The molecule has 0 N–H and O–H groups in total. The van der Waals surface area contributed by atoms with Gasteiger partial charge in [0, 0.05) is 10.9 Å². The molecule has 2 heterocycles. The van der Waals surface area contributed by atoms with Crippen LogP contribution in [-0.2, 0) is 5.33 Å². The molecule has 0 spiro atoms. The van der Waals surface area contributed by atoms with Crippen LogP contribution in [0.3, 0.4) is 0 Å². The van der Waals surface area contributed by atoms with Crippen molar-refractivity contribution in [2.24, 2.45) is 0 Å². The van der Waals surface area contributed by atoms with Crippen LogP contribution in [0.2, 0.25) is 0 Å². The number of alkyl halides is 1. The standard InChI is InChI=1S/C11H6BrF2N3/c12-3-6-1-2-8-11(10(6)14)15-5-9-7(13)4-16-17(8)9/h1-2,4-5H,3H2. The first kappa shape index (κ1) is 10.6. The van der Waals surface area contributed by atoms with E-state index in [1.165, 1.54) is 10.7 Å². The number of fused-ring (bicyclic) bond motifs is 3. The Kier molecular flexibility index (Phi) is 2.32. The van der Waals surface area contributed by atoms with Gasteiger partial charge in [0.25, 0.3) is 0 Å². The van der Waals surface area contributed by atoms with Gasteiger partial charge in [0.2, 0.25) is 0 Å². The summed E-state index contributed by atoms with van der Waals surface area (Å²) < 4.78 is 28.6. The van der Waals surface area contributed by atoms with Crippen molar-refractivity contribution < 1.29 is 8.78 Å². The molecule has 0 atom stereocenters. The highest BCUT2D eigenvalue weighted by Gasteiger charge is 2.12. The van der Waals surface area contributed by atoms with Gasteiger partial charge in [-0.2, -0.15) is 5.10 Å². The number of nitrogens with zero attached hydrogens (tertiary/aromatic N) is 3. The number of hydrogen-bond acceptors (Lipinski definition) is 2. The Morgan fingerprint density at radius 3 is 2.76 bits per heavy atom. The highest BCUT2D eigenvalue weighted by atomic mass is 79.9. The second kappa shape index (κ2) is 3.73. The molecule has 6 heteroatoms. The summed E-state index contributed by atoms with van der Waals surface area (Å²) in [4.78, 5) is 3.95. The summed E-state index contributed by atoms with van der Waals surface area (Å²) >= 11 is 3.20. The molecule has 17 heavy (non-hydrogen) atoms. The van der Waals surface area contributed by atoms with Crippen molar-refractivity contribution in [3.63, 3.8) is 0 Å². The topological polar surface area (TPSA) is 30.2 Å². The van der Waals surface area contributed by atoms with Crippen LogP contribution >= 0.6 is 15.9 Å². The Morgan fingerprint density at radius 1 is 1.18 bits per heavy atom. The molecule has 3 nitrogen and oxygen atoms in total. The predicted octanol–water partition coefficient (Wildman–Crippen LogP) is 3.06. The first-order valence-corrected chi connectivity index (χ1v) is 6.00. The van der Waals surface area contributed by atoms with Gasteiger partial charge in [0.05, 0.1) is 17.9 Å². The normalized spacial score (nSPS) is 11.5. The summed E-state index contributed by atoms with van der Waals surface area (Å²) in [5.41, 5.74) is 1.40. The summed E-state index contributed by atoms with van der Waals surface area (Å²) in [6, 6.07) is 3.31. The van der Waals surface area contributed by atoms with Crippen LogP contribution in [0.1, 0.15) is 5.56 Å². The van der Waals surface area contributed by atoms with Gasteiger partial charge in [0.15, 0.2) is 11.6 Å². The molecule has 86 valence electrons. The Balaban J connectivity index is 2.48. The van der Waals surface area contributed by atoms with E-state index in [4.69, 9.17) is 0 Å². The third-order valence-corrected chi connectivity index (χ3v) is 3.23. The first-order chi connectivity index (χ1) is 8.22. The molecule has 0 aliphatic carbocycles. The molecule has 3 aromatic rings. The van der Waals surface area contributed by atoms with E-state index in [0.717, 1.165) is 6.20 Å². The highest BCUT2D eigenvalue weighted by Crippen LogP contribution is 2.22. The second-order valence-electron chi connectivity index (χ2n) is 3.59. The summed E-state index contributed by atoms with van der Waals surface area (Å²) in [5, 5.41) is 4.27. The van der Waals surface area contributed by atoms with Crippen molar-refractivity contribution in [1.29, 1.82) is 0 Å². The number of aromatic nitrogens is 3. The Hall–Kier alpha value is -1.56. The van der Waals surface area contributed by atoms with E-state index < -0.39 is 11.6 Å². The SMILES string of the molecule is Fc1c(CBr)ccc2c1ncc1c(F)cnn12. The number of hydrogen-bond donors (Lipinski definition) is 0. The van der Waals surface area contributed by atoms with Gasteiger partial charge in [0.1, 0.15) is 11.0 Å². The lowest BCUT2D eigenvalue weighted by atomic mass is 10.2. The molecule has 0 aliphatic rings. The van der Waals surface area contributed by atoms with Crippen molar-refractivity contribution in [3.05, 3.63) is 41.7 Å². The van der Waals surface area contributed by atoms with Crippen LogP contribution in [-0.4, -0.2) is 14.6 Å². The summed E-state index contributed by atoms with van der Waals surface area (Å²) in [7, 11) is 0. The lowest BCUT2D eigenvalue weighted by Gasteiger charge is -2.04. The number of benzene rings is 1. The Bertz CT molecular complexity index is 723. The van der Waals surface area contributed by atoms with Gasteiger partial charge in [-0.3, -0.25) is 0 Å². The first-order valence-electron chi connectivity index (χ1n) is 4.87. The lowest BCUT2D eigenvalue weighted by Crippen LogP contribution is -1.97. The van der Waals surface area contributed by atoms with Gasteiger partial charge in [-0.15, -0.1) is 0 Å². The van der Waals surface area contributed by atoms with Gasteiger partial charge >= 0.3 is 0 Å². The quantitative estimate of drug-likeness (QED) is 0.646. The minimum absolute atomic E-state index is 0.192. The third-order valence-electron chi connectivity index (χ3n) is 2.62. The largest absolute Gasteiger partial charge is 0.249 e. The van der Waals surface area contributed by atoms with Crippen LogP contribution in [0.25, 0.3) is 16.6 Å². The smallest absolute Gasteiger partial charge is 0.170 e. The van der Waals surface area contributed by atoms with E-state index in [9.17, 15) is 8.78 Å². The van der Waals surface area contributed by atoms with Crippen molar-refractivity contribution >= 4 is 32.5 Å². The molecule has 0 amide bonds. The fourth-order valence-corrected chi connectivity index (χ4v) is 2.20. The van der Waals surface area contributed by atoms with Gasteiger partial charge < -0.3 is 0 Å². The van der Waals surface area contributed by atoms with Crippen LogP contribution in [0, 0.1) is 11.6 Å². The molecular weight excluding hydrogens is 292 g/mol. The number of halogens is 3. The van der Waals surface area contributed by atoms with E-state index >= 15 is 0 Å². The van der Waals surface area contributed by atoms with Crippen LogP contribution in [0.15, 0.2) is 24.5 Å². The Labute approximate surface area is 103 Å². The highest BCUT2D eigenvalue weighted by molar-refractivity contribution is 9.08. The molecule has 0 saturated carbocycles. The fraction of sp³-hybridized carbons (Fsp3) is 0.0909. The van der Waals surface area contributed by atoms with E-state index in [-0.39, 0.29) is 11.0 Å². The van der Waals surface area contributed by atoms with Gasteiger partial charge in [-0.05, 0) is 6.07 Å². The molecule has 0 radical (unpaired) electrons. The molecule has 2 aromatic heterocycles. The zero-order chi connectivity index (χ0) is 12.0.